The monoisotopic (exact) mass is 384 g/mol. The van der Waals surface area contributed by atoms with Crippen molar-refractivity contribution in [1.82, 2.24) is 14.8 Å². The normalized spacial score (nSPS) is 22.8. The minimum absolute atomic E-state index is 0.186. The fourth-order valence-corrected chi connectivity index (χ4v) is 4.23. The number of carboxylic acid groups (broad SMARTS) is 1. The zero-order chi connectivity index (χ0) is 19.6. The molecule has 1 N–H and O–H groups in total. The Morgan fingerprint density at radius 3 is 2.29 bits per heavy atom. The molecule has 7 heteroatoms. The van der Waals surface area contributed by atoms with Gasteiger partial charge in [-0.3, -0.25) is 9.78 Å². The predicted octanol–water partition coefficient (Wildman–Crippen LogP) is 2.17. The van der Waals surface area contributed by atoms with Crippen molar-refractivity contribution in [2.75, 3.05) is 26.2 Å². The number of carbonyl (C=O) groups excluding carboxylic acids is 1. The molecule has 0 bridgehead atoms. The van der Waals surface area contributed by atoms with Crippen LogP contribution < -0.4 is 0 Å². The van der Waals surface area contributed by atoms with E-state index in [1.807, 2.05) is 23.1 Å². The lowest BCUT2D eigenvalue weighted by molar-refractivity contribution is -0.139. The molecule has 2 saturated carbocycles. The van der Waals surface area contributed by atoms with Gasteiger partial charge in [0.25, 0.3) is 0 Å². The van der Waals surface area contributed by atoms with Gasteiger partial charge in [-0.25, -0.2) is 9.79 Å². The number of aliphatic carboxylic acids is 1. The average Bonchev–Trinajstić information content (AvgIpc) is 3.54. The number of pyridine rings is 1. The largest absolute Gasteiger partial charge is 0.479 e. The maximum absolute atomic E-state index is 12.8. The highest BCUT2D eigenvalue weighted by Gasteiger charge is 2.51. The van der Waals surface area contributed by atoms with Crippen LogP contribution in [0.15, 0.2) is 29.4 Å². The van der Waals surface area contributed by atoms with Crippen LogP contribution in [0.5, 0.6) is 0 Å². The highest BCUT2D eigenvalue weighted by Crippen LogP contribution is 2.40. The fraction of sp³-hybridized carbons (Fsp3) is 0.619. The first kappa shape index (κ1) is 18.9. The van der Waals surface area contributed by atoms with Crippen LogP contribution in [0.3, 0.4) is 0 Å². The lowest BCUT2D eigenvalue weighted by Crippen LogP contribution is -2.52. The van der Waals surface area contributed by atoms with E-state index in [1.165, 1.54) is 6.42 Å². The number of hydrogen-bond donors (Lipinski definition) is 1. The third-order valence-corrected chi connectivity index (χ3v) is 6.18. The Kier molecular flexibility index (Phi) is 5.33. The van der Waals surface area contributed by atoms with Gasteiger partial charge >= 0.3 is 5.97 Å². The van der Waals surface area contributed by atoms with Gasteiger partial charge in [-0.2, -0.15) is 0 Å². The van der Waals surface area contributed by atoms with Crippen molar-refractivity contribution in [3.8, 4) is 0 Å². The van der Waals surface area contributed by atoms with E-state index in [9.17, 15) is 14.7 Å². The molecule has 0 aromatic carbocycles. The van der Waals surface area contributed by atoms with E-state index in [-0.39, 0.29) is 5.92 Å². The first-order valence-corrected chi connectivity index (χ1v) is 10.4. The Balaban J connectivity index is 1.48. The maximum Gasteiger partial charge on any atom is 0.331 e. The Labute approximate surface area is 165 Å². The molecular formula is C21H28N4O3. The minimum atomic E-state index is -0.998. The van der Waals surface area contributed by atoms with Crippen LogP contribution in [0, 0.1) is 5.92 Å². The molecule has 0 atom stereocenters. The Bertz CT molecular complexity index is 746. The van der Waals surface area contributed by atoms with Crippen molar-refractivity contribution in [2.45, 2.75) is 50.5 Å². The number of rotatable bonds is 4. The third kappa shape index (κ3) is 3.88. The van der Waals surface area contributed by atoms with Crippen molar-refractivity contribution in [2.24, 2.45) is 10.9 Å². The summed E-state index contributed by atoms with van der Waals surface area (Å²) in [5, 5.41) is 9.56. The molecule has 0 radical (unpaired) electrons. The van der Waals surface area contributed by atoms with Crippen LogP contribution in [0.2, 0.25) is 0 Å². The van der Waals surface area contributed by atoms with Crippen LogP contribution in [-0.2, 0) is 9.59 Å². The molecule has 1 saturated heterocycles. The molecule has 7 nitrogen and oxygen atoms in total. The number of amidine groups is 1. The highest BCUT2D eigenvalue weighted by atomic mass is 16.4. The van der Waals surface area contributed by atoms with Crippen LogP contribution in [-0.4, -0.2) is 69.3 Å². The van der Waals surface area contributed by atoms with Crippen LogP contribution in [0.1, 0.15) is 50.6 Å². The smallest absolute Gasteiger partial charge is 0.331 e. The van der Waals surface area contributed by atoms with E-state index in [0.29, 0.717) is 56.5 Å². The van der Waals surface area contributed by atoms with Crippen molar-refractivity contribution < 1.29 is 14.7 Å². The summed E-state index contributed by atoms with van der Waals surface area (Å²) >= 11 is 0. The summed E-state index contributed by atoms with van der Waals surface area (Å²) in [6.07, 6.45) is 8.42. The van der Waals surface area contributed by atoms with E-state index in [0.717, 1.165) is 25.7 Å². The molecule has 4 rings (SSSR count). The zero-order valence-electron chi connectivity index (χ0n) is 16.2. The van der Waals surface area contributed by atoms with Crippen molar-refractivity contribution >= 4 is 17.7 Å². The lowest BCUT2D eigenvalue weighted by Gasteiger charge is -2.38. The van der Waals surface area contributed by atoms with Crippen molar-refractivity contribution in [3.63, 3.8) is 0 Å². The van der Waals surface area contributed by atoms with E-state index >= 15 is 0 Å². The van der Waals surface area contributed by atoms with Gasteiger partial charge in [0.2, 0.25) is 5.91 Å². The van der Waals surface area contributed by atoms with Gasteiger partial charge in [0.1, 0.15) is 5.69 Å². The number of aromatic nitrogens is 1. The van der Waals surface area contributed by atoms with Gasteiger partial charge in [-0.1, -0.05) is 25.3 Å². The molecule has 0 unspecified atom stereocenters. The summed E-state index contributed by atoms with van der Waals surface area (Å²) in [7, 11) is 0. The zero-order valence-corrected chi connectivity index (χ0v) is 16.2. The van der Waals surface area contributed by atoms with Crippen molar-refractivity contribution in [3.05, 3.63) is 30.1 Å². The van der Waals surface area contributed by atoms with E-state index < -0.39 is 11.5 Å². The SMILES string of the molecule is O=C(C1CCCCC1)N1CCN(C(=NC2(C(=O)O)CC2)c2ccccn2)CC1. The lowest BCUT2D eigenvalue weighted by atomic mass is 9.88. The van der Waals surface area contributed by atoms with Gasteiger partial charge in [-0.05, 0) is 37.8 Å². The van der Waals surface area contributed by atoms with Crippen LogP contribution in [0.4, 0.5) is 0 Å². The van der Waals surface area contributed by atoms with Gasteiger partial charge in [0.05, 0.1) is 0 Å². The molecule has 1 amide bonds. The quantitative estimate of drug-likeness (QED) is 0.635. The predicted molar refractivity (Wildman–Crippen MR) is 105 cm³/mol. The molecule has 1 aromatic rings. The molecule has 1 aromatic heterocycles. The standard InChI is InChI=1S/C21H28N4O3/c26-19(16-6-2-1-3-7-16)25-14-12-24(13-15-25)18(17-8-4-5-11-22-17)23-21(9-10-21)20(27)28/h4-5,8,11,16H,1-3,6-7,9-10,12-15H2,(H,27,28). The molecule has 1 aliphatic heterocycles. The van der Waals surface area contributed by atoms with Gasteiger partial charge in [-0.15, -0.1) is 0 Å². The Hall–Kier alpha value is -2.44. The highest BCUT2D eigenvalue weighted by molar-refractivity contribution is 6.00. The molecule has 28 heavy (non-hydrogen) atoms. The summed E-state index contributed by atoms with van der Waals surface area (Å²) in [6, 6.07) is 5.60. The molecular weight excluding hydrogens is 356 g/mol. The summed E-state index contributed by atoms with van der Waals surface area (Å²) < 4.78 is 0. The maximum atomic E-state index is 12.8. The molecule has 3 aliphatic rings. The van der Waals surface area contributed by atoms with Gasteiger partial charge in [0.15, 0.2) is 11.4 Å². The topological polar surface area (TPSA) is 86.1 Å². The van der Waals surface area contributed by atoms with E-state index in [1.54, 1.807) is 6.20 Å². The Morgan fingerprint density at radius 1 is 1.04 bits per heavy atom. The summed E-state index contributed by atoms with van der Waals surface area (Å²) in [6.45, 7) is 2.62. The van der Waals surface area contributed by atoms with Crippen LogP contribution in [0.25, 0.3) is 0 Å². The van der Waals surface area contributed by atoms with Crippen molar-refractivity contribution in [1.29, 1.82) is 0 Å². The summed E-state index contributed by atoms with van der Waals surface area (Å²) in [4.78, 5) is 37.6. The molecule has 3 fully saturated rings. The minimum Gasteiger partial charge on any atom is -0.479 e. The number of carbonyl (C=O) groups is 2. The second-order valence-corrected chi connectivity index (χ2v) is 8.13. The number of aliphatic imine (C=N–C) groups is 1. The number of carboxylic acids is 1. The van der Waals surface area contributed by atoms with Crippen LogP contribution >= 0.6 is 0 Å². The number of hydrogen-bond acceptors (Lipinski definition) is 4. The summed E-state index contributed by atoms with van der Waals surface area (Å²) in [5.41, 5.74) is -0.302. The third-order valence-electron chi connectivity index (χ3n) is 6.18. The second kappa shape index (κ2) is 7.89. The van der Waals surface area contributed by atoms with E-state index in [4.69, 9.17) is 0 Å². The van der Waals surface area contributed by atoms with Gasteiger partial charge in [0, 0.05) is 38.3 Å². The second-order valence-electron chi connectivity index (χ2n) is 8.13. The number of piperazine rings is 1. The molecule has 2 aliphatic carbocycles. The average molecular weight is 384 g/mol. The first-order valence-electron chi connectivity index (χ1n) is 10.4. The molecule has 150 valence electrons. The van der Waals surface area contributed by atoms with E-state index in [2.05, 4.69) is 14.9 Å². The first-order chi connectivity index (χ1) is 13.6. The summed E-state index contributed by atoms with van der Waals surface area (Å²) in [5.74, 6) is 0.253. The number of amides is 1. The number of nitrogens with zero attached hydrogens (tertiary/aromatic N) is 4. The Morgan fingerprint density at radius 2 is 1.71 bits per heavy atom. The molecule has 2 heterocycles. The molecule has 0 spiro atoms. The fourth-order valence-electron chi connectivity index (χ4n) is 4.23. The van der Waals surface area contributed by atoms with Gasteiger partial charge < -0.3 is 14.9 Å².